The van der Waals surface area contributed by atoms with Gasteiger partial charge in [-0.3, -0.25) is 0 Å². The van der Waals surface area contributed by atoms with Crippen LogP contribution in [0.3, 0.4) is 0 Å². The van der Waals surface area contributed by atoms with Crippen molar-refractivity contribution in [2.24, 2.45) is 0 Å². The quantitative estimate of drug-likeness (QED) is 0.693. The van der Waals surface area contributed by atoms with Gasteiger partial charge in [-0.25, -0.2) is 9.59 Å². The third-order valence-electron chi connectivity index (χ3n) is 0.730. The van der Waals surface area contributed by atoms with Crippen molar-refractivity contribution in [1.82, 2.24) is 0 Å². The number of carboxylic acids is 2. The van der Waals surface area contributed by atoms with E-state index in [-0.39, 0.29) is 28.5 Å². The van der Waals surface area contributed by atoms with E-state index in [9.17, 15) is 9.59 Å². The van der Waals surface area contributed by atoms with Crippen LogP contribution in [0.15, 0.2) is 24.3 Å². The maximum absolute atomic E-state index is 9.60. The Bertz CT molecular complexity index is 172. The van der Waals surface area contributed by atoms with Crippen molar-refractivity contribution < 1.29 is 37.2 Å². The molecule has 0 saturated heterocycles. The fraction of sp³-hybridized carbons (Fsp3) is 0.250. The summed E-state index contributed by atoms with van der Waals surface area (Å²) in [5.41, 5.74) is 0.352. The summed E-state index contributed by atoms with van der Waals surface area (Å²) in [6, 6.07) is 0. The van der Waals surface area contributed by atoms with Crippen molar-refractivity contribution in [3.05, 3.63) is 24.3 Å². The van der Waals surface area contributed by atoms with Crippen LogP contribution in [-0.4, -0.2) is 22.2 Å². The molecular weight excluding hydrogens is 212 g/mol. The second kappa shape index (κ2) is 9.04. The Morgan fingerprint density at radius 2 is 1.00 bits per heavy atom. The van der Waals surface area contributed by atoms with Crippen molar-refractivity contribution in [3.63, 3.8) is 0 Å². The molecule has 0 atom stereocenters. The number of hydrogen-bond acceptors (Lipinski definition) is 2. The van der Waals surface area contributed by atoms with Crippen molar-refractivity contribution in [2.75, 3.05) is 0 Å². The van der Waals surface area contributed by atoms with Crippen molar-refractivity contribution in [1.29, 1.82) is 0 Å². The van der Waals surface area contributed by atoms with Crippen LogP contribution in [0.5, 0.6) is 0 Å². The fourth-order valence-corrected chi connectivity index (χ4v) is 0. The third-order valence-corrected chi connectivity index (χ3v) is 0.730. The van der Waals surface area contributed by atoms with Crippen LogP contribution in [0.25, 0.3) is 0 Å². The van der Waals surface area contributed by atoms with Crippen LogP contribution in [0, 0.1) is 0 Å². The number of rotatable bonds is 2. The molecule has 0 spiro atoms. The molecule has 0 rings (SSSR count). The van der Waals surface area contributed by atoms with E-state index < -0.39 is 11.9 Å². The molecule has 0 radical (unpaired) electrons. The summed E-state index contributed by atoms with van der Waals surface area (Å²) in [7, 11) is 0. The van der Waals surface area contributed by atoms with Gasteiger partial charge in [-0.15, -0.1) is 0 Å². The molecule has 2 N–H and O–H groups in total. The third kappa shape index (κ3) is 18.2. The number of aliphatic carboxylic acids is 2. The van der Waals surface area contributed by atoms with E-state index in [4.69, 9.17) is 10.2 Å². The van der Waals surface area contributed by atoms with Gasteiger partial charge in [-0.05, 0) is 13.8 Å². The Labute approximate surface area is 87.7 Å². The molecule has 0 bridgehead atoms. The number of carboxylic acid groups (broad SMARTS) is 2. The van der Waals surface area contributed by atoms with Gasteiger partial charge in [0.05, 0.1) is 0 Å². The minimum atomic E-state index is -0.935. The Hall–Kier alpha value is -1.05. The van der Waals surface area contributed by atoms with E-state index in [0.717, 1.165) is 0 Å². The average molecular weight is 224 g/mol. The van der Waals surface area contributed by atoms with Crippen molar-refractivity contribution in [2.45, 2.75) is 13.8 Å². The topological polar surface area (TPSA) is 74.6 Å². The number of carbonyl (C=O) groups is 2. The van der Waals surface area contributed by atoms with Crippen LogP contribution in [0.2, 0.25) is 0 Å². The van der Waals surface area contributed by atoms with E-state index in [2.05, 4.69) is 13.2 Å². The molecule has 0 heterocycles. The van der Waals surface area contributed by atoms with Gasteiger partial charge in [0.2, 0.25) is 0 Å². The smallest absolute Gasteiger partial charge is 0.330 e. The Morgan fingerprint density at radius 1 is 0.923 bits per heavy atom. The minimum Gasteiger partial charge on any atom is -0.478 e. The summed E-state index contributed by atoms with van der Waals surface area (Å²) in [5, 5.41) is 15.8. The molecule has 4 nitrogen and oxygen atoms in total. The molecule has 0 aromatic carbocycles. The maximum atomic E-state index is 9.60. The first-order chi connectivity index (χ1) is 5.29. The van der Waals surface area contributed by atoms with Gasteiger partial charge in [0.1, 0.15) is 0 Å². The predicted octanol–water partition coefficient (Wildman–Crippen LogP) is 1.29. The molecule has 0 saturated carbocycles. The predicted molar refractivity (Wildman–Crippen MR) is 44.9 cm³/mol. The summed E-state index contributed by atoms with van der Waals surface area (Å²) in [5.74, 6) is -1.87. The van der Waals surface area contributed by atoms with Gasteiger partial charge >= 0.3 is 11.9 Å². The van der Waals surface area contributed by atoms with Crippen molar-refractivity contribution >= 4 is 11.9 Å². The molecule has 5 heteroatoms. The molecule has 0 aliphatic rings. The van der Waals surface area contributed by atoms with Gasteiger partial charge < -0.3 is 10.2 Å². The molecular formula is C8H12CrO4. The molecule has 0 aliphatic heterocycles. The molecule has 0 aromatic heterocycles. The molecule has 0 unspecified atom stereocenters. The van der Waals surface area contributed by atoms with Gasteiger partial charge in [-0.1, -0.05) is 13.2 Å². The zero-order valence-electron chi connectivity index (χ0n) is 7.53. The molecule has 0 amide bonds. The molecule has 74 valence electrons. The zero-order valence-corrected chi connectivity index (χ0v) is 8.81. The summed E-state index contributed by atoms with van der Waals surface area (Å²) >= 11 is 0. The van der Waals surface area contributed by atoms with E-state index in [1.54, 1.807) is 0 Å². The van der Waals surface area contributed by atoms with Crippen LogP contribution in [-0.2, 0) is 27.0 Å². The average Bonchev–Trinajstić information content (AvgIpc) is 1.88. The van der Waals surface area contributed by atoms with Crippen LogP contribution in [0.1, 0.15) is 13.8 Å². The van der Waals surface area contributed by atoms with Gasteiger partial charge in [0.15, 0.2) is 0 Å². The Balaban J connectivity index is -0.000000143. The maximum Gasteiger partial charge on any atom is 0.330 e. The zero-order chi connectivity index (χ0) is 10.3. The molecule has 0 aliphatic carbocycles. The van der Waals surface area contributed by atoms with E-state index in [1.165, 1.54) is 13.8 Å². The van der Waals surface area contributed by atoms with Crippen LogP contribution >= 0.6 is 0 Å². The number of hydrogen-bond donors (Lipinski definition) is 2. The second-order valence-corrected chi connectivity index (χ2v) is 2.17. The SMILES string of the molecule is C=C(C)C(=O)O.C=C(C)C(=O)O.[Cr]. The molecule has 13 heavy (non-hydrogen) atoms. The van der Waals surface area contributed by atoms with E-state index in [0.29, 0.717) is 0 Å². The van der Waals surface area contributed by atoms with Crippen molar-refractivity contribution in [3.8, 4) is 0 Å². The Kier molecular flexibility index (Phi) is 12.4. The largest absolute Gasteiger partial charge is 0.478 e. The fourth-order valence-electron chi connectivity index (χ4n) is 0. The van der Waals surface area contributed by atoms with Gasteiger partial charge in [0, 0.05) is 28.5 Å². The first-order valence-corrected chi connectivity index (χ1v) is 3.06. The minimum absolute atomic E-state index is 0. The van der Waals surface area contributed by atoms with E-state index >= 15 is 0 Å². The normalized spacial score (nSPS) is 6.92. The first kappa shape index (κ1) is 17.9. The summed E-state index contributed by atoms with van der Waals surface area (Å²) < 4.78 is 0. The van der Waals surface area contributed by atoms with Crippen LogP contribution in [0.4, 0.5) is 0 Å². The molecule has 0 aromatic rings. The Morgan fingerprint density at radius 3 is 1.00 bits per heavy atom. The summed E-state index contributed by atoms with van der Waals surface area (Å²) in [6.45, 7) is 9.20. The van der Waals surface area contributed by atoms with Gasteiger partial charge in [-0.2, -0.15) is 0 Å². The van der Waals surface area contributed by atoms with Gasteiger partial charge in [0.25, 0.3) is 0 Å². The monoisotopic (exact) mass is 224 g/mol. The van der Waals surface area contributed by atoms with E-state index in [1.807, 2.05) is 0 Å². The first-order valence-electron chi connectivity index (χ1n) is 3.06. The summed E-state index contributed by atoms with van der Waals surface area (Å²) in [6.07, 6.45) is 0. The second-order valence-electron chi connectivity index (χ2n) is 2.17. The van der Waals surface area contributed by atoms with Crippen LogP contribution < -0.4 is 0 Å². The summed E-state index contributed by atoms with van der Waals surface area (Å²) in [4.78, 5) is 19.2. The molecule has 0 fully saturated rings. The standard InChI is InChI=1S/2C4H6O2.Cr/c2*1-3(2)4(5)6;/h2*1H2,2H3,(H,5,6);.